The van der Waals surface area contributed by atoms with E-state index in [1.807, 2.05) is 18.2 Å². The van der Waals surface area contributed by atoms with Crippen LogP contribution >= 0.6 is 11.3 Å². The molecule has 0 fully saturated rings. The summed E-state index contributed by atoms with van der Waals surface area (Å²) in [6.07, 6.45) is 7.73. The first-order valence-corrected chi connectivity index (χ1v) is 8.71. The van der Waals surface area contributed by atoms with Gasteiger partial charge in [-0.1, -0.05) is 6.07 Å². The van der Waals surface area contributed by atoms with E-state index in [1.165, 1.54) is 23.8 Å². The van der Waals surface area contributed by atoms with E-state index in [1.54, 1.807) is 31.6 Å². The molecule has 1 amide bonds. The molecule has 1 aliphatic carbocycles. The van der Waals surface area contributed by atoms with Gasteiger partial charge in [0, 0.05) is 11.0 Å². The number of hydrogen-bond donors (Lipinski definition) is 1. The molecule has 6 heteroatoms. The van der Waals surface area contributed by atoms with Crippen LogP contribution in [0.1, 0.15) is 29.0 Å². The van der Waals surface area contributed by atoms with Crippen LogP contribution in [-0.4, -0.2) is 25.1 Å². The molecule has 0 bridgehead atoms. The Balaban J connectivity index is 1.66. The SMILES string of the molecule is COc1ccc(/C=C/C(=O)Nc2nc3c(s2)CCCC3)cc1OC. The zero-order chi connectivity index (χ0) is 16.9. The third-order valence-electron chi connectivity index (χ3n) is 3.91. The molecule has 0 spiro atoms. The smallest absolute Gasteiger partial charge is 0.250 e. The number of carbonyl (C=O) groups is 1. The molecule has 1 aromatic carbocycles. The molecule has 0 saturated heterocycles. The van der Waals surface area contributed by atoms with Crippen LogP contribution in [-0.2, 0) is 17.6 Å². The average molecular weight is 344 g/mol. The van der Waals surface area contributed by atoms with Gasteiger partial charge >= 0.3 is 0 Å². The molecule has 3 rings (SSSR count). The van der Waals surface area contributed by atoms with Crippen molar-refractivity contribution in [1.29, 1.82) is 0 Å². The maximum absolute atomic E-state index is 12.1. The molecule has 126 valence electrons. The summed E-state index contributed by atoms with van der Waals surface area (Å²) in [5.74, 6) is 1.11. The van der Waals surface area contributed by atoms with Crippen molar-refractivity contribution >= 4 is 28.5 Å². The zero-order valence-electron chi connectivity index (χ0n) is 13.8. The van der Waals surface area contributed by atoms with Crippen LogP contribution in [0.25, 0.3) is 6.08 Å². The number of fused-ring (bicyclic) bond motifs is 1. The maximum atomic E-state index is 12.1. The Morgan fingerprint density at radius 1 is 1.21 bits per heavy atom. The molecule has 2 aromatic rings. The monoisotopic (exact) mass is 344 g/mol. The maximum Gasteiger partial charge on any atom is 0.250 e. The van der Waals surface area contributed by atoms with Gasteiger partial charge in [-0.3, -0.25) is 10.1 Å². The number of hydrogen-bond acceptors (Lipinski definition) is 5. The van der Waals surface area contributed by atoms with Crippen molar-refractivity contribution in [2.24, 2.45) is 0 Å². The van der Waals surface area contributed by atoms with Crippen LogP contribution in [0, 0.1) is 0 Å². The lowest BCUT2D eigenvalue weighted by molar-refractivity contribution is -0.111. The molecular formula is C18H20N2O3S. The van der Waals surface area contributed by atoms with Crippen molar-refractivity contribution in [2.75, 3.05) is 19.5 Å². The zero-order valence-corrected chi connectivity index (χ0v) is 14.6. The van der Waals surface area contributed by atoms with Gasteiger partial charge in [-0.15, -0.1) is 11.3 Å². The molecule has 0 aliphatic heterocycles. The number of anilines is 1. The number of carbonyl (C=O) groups excluding carboxylic acids is 1. The van der Waals surface area contributed by atoms with Crippen LogP contribution in [0.5, 0.6) is 11.5 Å². The lowest BCUT2D eigenvalue weighted by Gasteiger charge is -2.07. The first-order chi connectivity index (χ1) is 11.7. The highest BCUT2D eigenvalue weighted by molar-refractivity contribution is 7.15. The number of aromatic nitrogens is 1. The number of rotatable bonds is 5. The average Bonchev–Trinajstić information content (AvgIpc) is 3.01. The van der Waals surface area contributed by atoms with Gasteiger partial charge in [0.05, 0.1) is 19.9 Å². The molecule has 0 atom stereocenters. The Morgan fingerprint density at radius 3 is 2.75 bits per heavy atom. The second-order valence-corrected chi connectivity index (χ2v) is 6.62. The van der Waals surface area contributed by atoms with Gasteiger partial charge in [0.25, 0.3) is 0 Å². The number of methoxy groups -OCH3 is 2. The number of nitrogens with one attached hydrogen (secondary N) is 1. The second-order valence-electron chi connectivity index (χ2n) is 5.53. The van der Waals surface area contributed by atoms with Crippen molar-refractivity contribution in [3.63, 3.8) is 0 Å². The van der Waals surface area contributed by atoms with E-state index in [0.29, 0.717) is 16.6 Å². The van der Waals surface area contributed by atoms with Crippen LogP contribution in [0.4, 0.5) is 5.13 Å². The van der Waals surface area contributed by atoms with Crippen LogP contribution in [0.3, 0.4) is 0 Å². The minimum Gasteiger partial charge on any atom is -0.493 e. The minimum absolute atomic E-state index is 0.184. The van der Waals surface area contributed by atoms with Crippen molar-refractivity contribution < 1.29 is 14.3 Å². The molecule has 1 N–H and O–H groups in total. The molecule has 1 heterocycles. The van der Waals surface area contributed by atoms with E-state index in [2.05, 4.69) is 10.3 Å². The third-order valence-corrected chi connectivity index (χ3v) is 4.98. The predicted octanol–water partition coefficient (Wildman–Crippen LogP) is 3.69. The lowest BCUT2D eigenvalue weighted by Crippen LogP contribution is -2.07. The highest BCUT2D eigenvalue weighted by Gasteiger charge is 2.15. The van der Waals surface area contributed by atoms with E-state index in [0.717, 1.165) is 24.1 Å². The Hall–Kier alpha value is -2.34. The van der Waals surface area contributed by atoms with Crippen molar-refractivity contribution in [2.45, 2.75) is 25.7 Å². The summed E-state index contributed by atoms with van der Waals surface area (Å²) in [7, 11) is 3.18. The quantitative estimate of drug-likeness (QED) is 0.841. The highest BCUT2D eigenvalue weighted by atomic mass is 32.1. The van der Waals surface area contributed by atoms with Crippen LogP contribution in [0.2, 0.25) is 0 Å². The fraction of sp³-hybridized carbons (Fsp3) is 0.333. The number of thiazole rings is 1. The number of benzene rings is 1. The number of ether oxygens (including phenoxy) is 2. The minimum atomic E-state index is -0.184. The van der Waals surface area contributed by atoms with Gasteiger partial charge in [-0.25, -0.2) is 4.98 Å². The molecule has 0 saturated carbocycles. The summed E-state index contributed by atoms with van der Waals surface area (Å²) >= 11 is 1.58. The summed E-state index contributed by atoms with van der Waals surface area (Å²) < 4.78 is 10.5. The summed E-state index contributed by atoms with van der Waals surface area (Å²) in [5, 5.41) is 3.53. The van der Waals surface area contributed by atoms with Gasteiger partial charge in [0.2, 0.25) is 5.91 Å². The Morgan fingerprint density at radius 2 is 2.00 bits per heavy atom. The predicted molar refractivity (Wildman–Crippen MR) is 96.0 cm³/mol. The Bertz CT molecular complexity index is 744. The first kappa shape index (κ1) is 16.5. The second kappa shape index (κ2) is 7.49. The van der Waals surface area contributed by atoms with Crippen molar-refractivity contribution in [3.8, 4) is 11.5 Å². The number of nitrogens with zero attached hydrogens (tertiary/aromatic N) is 1. The molecule has 0 unspecified atom stereocenters. The van der Waals surface area contributed by atoms with Gasteiger partial charge in [-0.05, 0) is 49.5 Å². The molecule has 1 aromatic heterocycles. The molecule has 0 radical (unpaired) electrons. The summed E-state index contributed by atoms with van der Waals surface area (Å²) in [6, 6.07) is 5.50. The topological polar surface area (TPSA) is 60.5 Å². The summed E-state index contributed by atoms with van der Waals surface area (Å²) in [6.45, 7) is 0. The molecule has 24 heavy (non-hydrogen) atoms. The van der Waals surface area contributed by atoms with Crippen molar-refractivity contribution in [3.05, 3.63) is 40.4 Å². The van der Waals surface area contributed by atoms with E-state index in [4.69, 9.17) is 9.47 Å². The standard InChI is InChI=1S/C18H20N2O3S/c1-22-14-9-7-12(11-15(14)23-2)8-10-17(21)20-18-19-13-5-3-4-6-16(13)24-18/h7-11H,3-6H2,1-2H3,(H,19,20,21)/b10-8+. The van der Waals surface area contributed by atoms with E-state index in [-0.39, 0.29) is 5.91 Å². The highest BCUT2D eigenvalue weighted by Crippen LogP contribution is 2.30. The summed E-state index contributed by atoms with van der Waals surface area (Å²) in [5.41, 5.74) is 2.01. The Labute approximate surface area is 145 Å². The van der Waals surface area contributed by atoms with Gasteiger partial charge in [-0.2, -0.15) is 0 Å². The number of amides is 1. The van der Waals surface area contributed by atoms with Gasteiger partial charge < -0.3 is 9.47 Å². The fourth-order valence-corrected chi connectivity index (χ4v) is 3.73. The number of aryl methyl sites for hydroxylation is 2. The normalized spacial score (nSPS) is 13.6. The van der Waals surface area contributed by atoms with Gasteiger partial charge in [0.15, 0.2) is 16.6 Å². The largest absolute Gasteiger partial charge is 0.493 e. The van der Waals surface area contributed by atoms with Gasteiger partial charge in [0.1, 0.15) is 0 Å². The molecule has 1 aliphatic rings. The first-order valence-electron chi connectivity index (χ1n) is 7.89. The van der Waals surface area contributed by atoms with E-state index in [9.17, 15) is 4.79 Å². The summed E-state index contributed by atoms with van der Waals surface area (Å²) in [4.78, 5) is 17.9. The Kier molecular flexibility index (Phi) is 5.15. The van der Waals surface area contributed by atoms with Crippen LogP contribution < -0.4 is 14.8 Å². The van der Waals surface area contributed by atoms with E-state index < -0.39 is 0 Å². The lowest BCUT2D eigenvalue weighted by atomic mass is 10.0. The molecular weight excluding hydrogens is 324 g/mol. The molecule has 5 nitrogen and oxygen atoms in total. The van der Waals surface area contributed by atoms with Crippen LogP contribution in [0.15, 0.2) is 24.3 Å². The van der Waals surface area contributed by atoms with Crippen molar-refractivity contribution in [1.82, 2.24) is 4.98 Å². The third kappa shape index (κ3) is 3.76. The van der Waals surface area contributed by atoms with E-state index >= 15 is 0 Å². The fourth-order valence-electron chi connectivity index (χ4n) is 2.68.